The van der Waals surface area contributed by atoms with Crippen LogP contribution in [0.2, 0.25) is 10.2 Å². The summed E-state index contributed by atoms with van der Waals surface area (Å²) in [6.45, 7) is 1.24. The minimum atomic E-state index is -0.544. The van der Waals surface area contributed by atoms with Crippen LogP contribution in [-0.2, 0) is 6.54 Å². The van der Waals surface area contributed by atoms with Gasteiger partial charge in [0.2, 0.25) is 0 Å². The molecule has 0 aliphatic carbocycles. The van der Waals surface area contributed by atoms with Crippen molar-refractivity contribution in [3.05, 3.63) is 63.9 Å². The van der Waals surface area contributed by atoms with E-state index in [1.165, 1.54) is 0 Å². The number of hydrogen-bond acceptors (Lipinski definition) is 3. The Bertz CT molecular complexity index is 543. The van der Waals surface area contributed by atoms with Crippen LogP contribution >= 0.6 is 23.2 Å². The summed E-state index contributed by atoms with van der Waals surface area (Å²) in [5.74, 6) is 0. The Morgan fingerprint density at radius 1 is 1.15 bits per heavy atom. The Kier molecular flexibility index (Phi) is 5.38. The lowest BCUT2D eigenvalue weighted by Gasteiger charge is -2.20. The molecule has 2 aromatic rings. The van der Waals surface area contributed by atoms with Crippen molar-refractivity contribution in [2.45, 2.75) is 12.6 Å². The number of pyridine rings is 1. The fraction of sp³-hybridized carbons (Fsp3) is 0.267. The Morgan fingerprint density at radius 2 is 1.85 bits per heavy atom. The van der Waals surface area contributed by atoms with Gasteiger partial charge in [-0.3, -0.25) is 4.90 Å². The molecule has 0 amide bonds. The summed E-state index contributed by atoms with van der Waals surface area (Å²) >= 11 is 11.6. The molecule has 5 heteroatoms. The van der Waals surface area contributed by atoms with Crippen molar-refractivity contribution in [1.82, 2.24) is 9.88 Å². The second-order valence-corrected chi connectivity index (χ2v) is 5.58. The summed E-state index contributed by atoms with van der Waals surface area (Å²) in [6.07, 6.45) is 1.20. The number of aliphatic hydroxyl groups excluding tert-OH is 1. The first-order chi connectivity index (χ1) is 9.54. The molecule has 1 atom stereocenters. The molecule has 0 bridgehead atoms. The molecule has 0 saturated heterocycles. The number of nitrogens with zero attached hydrogens (tertiary/aromatic N) is 2. The van der Waals surface area contributed by atoms with Crippen LogP contribution < -0.4 is 0 Å². The first-order valence-electron chi connectivity index (χ1n) is 6.27. The van der Waals surface area contributed by atoms with Crippen molar-refractivity contribution in [3.63, 3.8) is 0 Å². The molecule has 1 heterocycles. The van der Waals surface area contributed by atoms with E-state index in [0.717, 1.165) is 11.1 Å². The van der Waals surface area contributed by atoms with Gasteiger partial charge in [0.15, 0.2) is 0 Å². The minimum absolute atomic E-state index is 0.484. The van der Waals surface area contributed by atoms with Crippen LogP contribution in [0, 0.1) is 0 Å². The molecule has 106 valence electrons. The lowest BCUT2D eigenvalue weighted by molar-refractivity contribution is 0.124. The minimum Gasteiger partial charge on any atom is -0.387 e. The van der Waals surface area contributed by atoms with Gasteiger partial charge in [-0.1, -0.05) is 41.4 Å². The molecule has 0 radical (unpaired) electrons. The first-order valence-corrected chi connectivity index (χ1v) is 7.02. The van der Waals surface area contributed by atoms with Gasteiger partial charge in [-0.05, 0) is 36.4 Å². The van der Waals surface area contributed by atoms with E-state index < -0.39 is 6.10 Å². The van der Waals surface area contributed by atoms with Crippen molar-refractivity contribution in [1.29, 1.82) is 0 Å². The summed E-state index contributed by atoms with van der Waals surface area (Å²) in [6, 6.07) is 10.9. The highest BCUT2D eigenvalue weighted by Gasteiger charge is 2.11. The molecule has 2 rings (SSSR count). The Hall–Kier alpha value is -1.13. The molecule has 0 fully saturated rings. The molecule has 1 unspecified atom stereocenters. The van der Waals surface area contributed by atoms with Crippen LogP contribution in [0.5, 0.6) is 0 Å². The number of hydrogen-bond donors (Lipinski definition) is 1. The topological polar surface area (TPSA) is 36.4 Å². The zero-order valence-corrected chi connectivity index (χ0v) is 12.6. The van der Waals surface area contributed by atoms with Gasteiger partial charge in [0, 0.05) is 24.3 Å². The predicted molar refractivity (Wildman–Crippen MR) is 82.0 cm³/mol. The summed E-state index contributed by atoms with van der Waals surface area (Å²) < 4.78 is 0. The predicted octanol–water partition coefficient (Wildman–Crippen LogP) is 3.55. The molecule has 0 spiro atoms. The van der Waals surface area contributed by atoms with Crippen LogP contribution in [0.25, 0.3) is 0 Å². The highest BCUT2D eigenvalue weighted by atomic mass is 35.5. The molecule has 3 nitrogen and oxygen atoms in total. The van der Waals surface area contributed by atoms with Crippen molar-refractivity contribution in [2.75, 3.05) is 13.6 Å². The SMILES string of the molecule is CN(Cc1ccc(Cl)nc1)CC(O)c1ccc(Cl)cc1. The number of rotatable bonds is 5. The van der Waals surface area contributed by atoms with E-state index in [-0.39, 0.29) is 0 Å². The standard InChI is InChI=1S/C15H16Cl2N2O/c1-19(9-11-2-7-15(17)18-8-11)10-14(20)12-3-5-13(16)6-4-12/h2-8,14,20H,9-10H2,1H3. The Balaban J connectivity index is 1.92. The lowest BCUT2D eigenvalue weighted by Crippen LogP contribution is -2.24. The first kappa shape index (κ1) is 15.3. The molecule has 20 heavy (non-hydrogen) atoms. The lowest BCUT2D eigenvalue weighted by atomic mass is 10.1. The van der Waals surface area contributed by atoms with Gasteiger partial charge in [-0.2, -0.15) is 0 Å². The van der Waals surface area contributed by atoms with E-state index in [1.807, 2.05) is 30.1 Å². The third-order valence-electron chi connectivity index (χ3n) is 2.98. The maximum absolute atomic E-state index is 10.2. The van der Waals surface area contributed by atoms with Crippen molar-refractivity contribution < 1.29 is 5.11 Å². The molecule has 1 aromatic carbocycles. The fourth-order valence-electron chi connectivity index (χ4n) is 1.96. The van der Waals surface area contributed by atoms with Crippen LogP contribution in [0.15, 0.2) is 42.6 Å². The van der Waals surface area contributed by atoms with E-state index in [0.29, 0.717) is 23.3 Å². The number of halogens is 2. The van der Waals surface area contributed by atoms with E-state index in [9.17, 15) is 5.11 Å². The van der Waals surface area contributed by atoms with Crippen LogP contribution in [0.3, 0.4) is 0 Å². The monoisotopic (exact) mass is 310 g/mol. The van der Waals surface area contributed by atoms with Crippen molar-refractivity contribution in [2.24, 2.45) is 0 Å². The normalized spacial score (nSPS) is 12.7. The third kappa shape index (κ3) is 4.46. The third-order valence-corrected chi connectivity index (χ3v) is 3.46. The zero-order valence-electron chi connectivity index (χ0n) is 11.1. The van der Waals surface area contributed by atoms with Crippen molar-refractivity contribution >= 4 is 23.2 Å². The smallest absolute Gasteiger partial charge is 0.129 e. The molecule has 0 saturated carbocycles. The van der Waals surface area contributed by atoms with Gasteiger partial charge >= 0.3 is 0 Å². The average Bonchev–Trinajstić information content (AvgIpc) is 2.42. The zero-order chi connectivity index (χ0) is 14.5. The average molecular weight is 311 g/mol. The summed E-state index contributed by atoms with van der Waals surface area (Å²) in [5.41, 5.74) is 1.91. The largest absolute Gasteiger partial charge is 0.387 e. The van der Waals surface area contributed by atoms with Gasteiger partial charge in [-0.25, -0.2) is 4.98 Å². The Morgan fingerprint density at radius 3 is 2.45 bits per heavy atom. The second-order valence-electron chi connectivity index (χ2n) is 4.75. The van der Waals surface area contributed by atoms with Crippen LogP contribution in [0.4, 0.5) is 0 Å². The fourth-order valence-corrected chi connectivity index (χ4v) is 2.20. The molecular formula is C15H16Cl2N2O. The van der Waals surface area contributed by atoms with Gasteiger partial charge in [-0.15, -0.1) is 0 Å². The summed E-state index contributed by atoms with van der Waals surface area (Å²) in [7, 11) is 1.95. The molecular weight excluding hydrogens is 295 g/mol. The van der Waals surface area contributed by atoms with Crippen LogP contribution in [-0.4, -0.2) is 28.6 Å². The van der Waals surface area contributed by atoms with Gasteiger partial charge in [0.05, 0.1) is 6.10 Å². The van der Waals surface area contributed by atoms with E-state index in [1.54, 1.807) is 24.4 Å². The molecule has 1 N–H and O–H groups in total. The number of benzene rings is 1. The van der Waals surface area contributed by atoms with Crippen LogP contribution in [0.1, 0.15) is 17.2 Å². The molecule has 1 aromatic heterocycles. The van der Waals surface area contributed by atoms with Gasteiger partial charge in [0.1, 0.15) is 5.15 Å². The second kappa shape index (κ2) is 7.04. The Labute approximate surface area is 128 Å². The number of aliphatic hydroxyl groups is 1. The maximum Gasteiger partial charge on any atom is 0.129 e. The quantitative estimate of drug-likeness (QED) is 0.858. The maximum atomic E-state index is 10.2. The molecule has 0 aliphatic rings. The van der Waals surface area contributed by atoms with Gasteiger partial charge in [0.25, 0.3) is 0 Å². The number of likely N-dealkylation sites (N-methyl/N-ethyl adjacent to an activating group) is 1. The van der Waals surface area contributed by atoms with Crippen molar-refractivity contribution in [3.8, 4) is 0 Å². The summed E-state index contributed by atoms with van der Waals surface area (Å²) in [4.78, 5) is 6.07. The highest BCUT2D eigenvalue weighted by Crippen LogP contribution is 2.18. The van der Waals surface area contributed by atoms with E-state index in [2.05, 4.69) is 4.98 Å². The highest BCUT2D eigenvalue weighted by molar-refractivity contribution is 6.30. The number of aromatic nitrogens is 1. The van der Waals surface area contributed by atoms with Gasteiger partial charge < -0.3 is 5.11 Å². The van der Waals surface area contributed by atoms with E-state index in [4.69, 9.17) is 23.2 Å². The van der Waals surface area contributed by atoms with E-state index >= 15 is 0 Å². The molecule has 0 aliphatic heterocycles. The summed E-state index contributed by atoms with van der Waals surface area (Å²) in [5, 5.41) is 11.3.